The Morgan fingerprint density at radius 2 is 1.93 bits per heavy atom. The third-order valence-corrected chi connectivity index (χ3v) is 5.89. The van der Waals surface area contributed by atoms with E-state index in [1.807, 2.05) is 0 Å². The molecule has 0 radical (unpaired) electrons. The van der Waals surface area contributed by atoms with Gasteiger partial charge in [-0.1, -0.05) is 11.6 Å². The molecule has 0 saturated carbocycles. The molecule has 1 saturated heterocycles. The van der Waals surface area contributed by atoms with E-state index in [1.54, 1.807) is 19.9 Å². The molecule has 3 heterocycles. The Balaban J connectivity index is 1.79. The molecule has 150 valence electrons. The Kier molecular flexibility index (Phi) is 6.04. The number of nitrogens with zero attached hydrogens (tertiary/aromatic N) is 6. The molecule has 2 N–H and O–H groups in total. The van der Waals surface area contributed by atoms with Gasteiger partial charge in [0.15, 0.2) is 10.8 Å². The summed E-state index contributed by atoms with van der Waals surface area (Å²) in [5.41, 5.74) is 0.564. The molecule has 0 atom stereocenters. The van der Waals surface area contributed by atoms with Gasteiger partial charge < -0.3 is 15.1 Å². The van der Waals surface area contributed by atoms with Gasteiger partial charge in [-0.15, -0.1) is 0 Å². The monoisotopic (exact) mass is 416 g/mol. The highest BCUT2D eigenvalue weighted by atomic mass is 35.5. The van der Waals surface area contributed by atoms with Gasteiger partial charge in [-0.25, -0.2) is 13.1 Å². The summed E-state index contributed by atoms with van der Waals surface area (Å²) >= 11 is 6.02. The van der Waals surface area contributed by atoms with Crippen LogP contribution in [-0.4, -0.2) is 84.5 Å². The van der Waals surface area contributed by atoms with Gasteiger partial charge in [0.05, 0.1) is 5.75 Å². The minimum absolute atomic E-state index is 0.0739. The fourth-order valence-corrected chi connectivity index (χ4v) is 4.21. The van der Waals surface area contributed by atoms with E-state index in [0.717, 1.165) is 26.2 Å². The van der Waals surface area contributed by atoms with Crippen molar-refractivity contribution in [1.29, 1.82) is 0 Å². The molecule has 0 bridgehead atoms. The van der Waals surface area contributed by atoms with Crippen molar-refractivity contribution in [2.45, 2.75) is 19.9 Å². The topological polar surface area (TPSA) is 108 Å². The van der Waals surface area contributed by atoms with Gasteiger partial charge in [-0.05, 0) is 20.9 Å². The second-order valence-electron chi connectivity index (χ2n) is 6.89. The Morgan fingerprint density at radius 1 is 1.22 bits per heavy atom. The number of nitrogens with one attached hydrogen (secondary N) is 2. The zero-order valence-corrected chi connectivity index (χ0v) is 17.3. The number of likely N-dealkylation sites (N-methyl/N-ethyl adjacent to an activating group) is 1. The van der Waals surface area contributed by atoms with Crippen molar-refractivity contribution in [1.82, 2.24) is 29.2 Å². The average Bonchev–Trinajstić information content (AvgIpc) is 2.94. The van der Waals surface area contributed by atoms with Crippen LogP contribution in [0.25, 0.3) is 5.65 Å². The van der Waals surface area contributed by atoms with Gasteiger partial charge in [0.2, 0.25) is 21.9 Å². The normalized spacial score (nSPS) is 16.4. The lowest BCUT2D eigenvalue weighted by Gasteiger charge is -2.32. The number of hydrogen-bond donors (Lipinski definition) is 2. The average molecular weight is 417 g/mol. The first-order valence-corrected chi connectivity index (χ1v) is 10.9. The zero-order valence-electron chi connectivity index (χ0n) is 15.7. The van der Waals surface area contributed by atoms with Gasteiger partial charge in [0.1, 0.15) is 0 Å². The van der Waals surface area contributed by atoms with E-state index in [4.69, 9.17) is 11.6 Å². The molecule has 10 nitrogen and oxygen atoms in total. The first kappa shape index (κ1) is 20.1. The summed E-state index contributed by atoms with van der Waals surface area (Å²) in [7, 11) is -1.28. The Bertz CT molecular complexity index is 893. The number of sulfonamides is 1. The van der Waals surface area contributed by atoms with Crippen molar-refractivity contribution in [3.05, 3.63) is 11.2 Å². The van der Waals surface area contributed by atoms with E-state index >= 15 is 0 Å². The highest BCUT2D eigenvalue weighted by molar-refractivity contribution is 7.89. The number of halogens is 1. The van der Waals surface area contributed by atoms with Gasteiger partial charge in [0.25, 0.3) is 0 Å². The van der Waals surface area contributed by atoms with Crippen molar-refractivity contribution < 1.29 is 8.42 Å². The quantitative estimate of drug-likeness (QED) is 0.662. The SMILES string of the molecule is CC(C)NS(=O)(=O)CCNc1nc(N2CCN(C)CC2)nc2cc(Cl)nn12. The van der Waals surface area contributed by atoms with Crippen molar-refractivity contribution >= 4 is 39.2 Å². The molecular formula is C15H25ClN8O2S. The lowest BCUT2D eigenvalue weighted by Crippen LogP contribution is -2.45. The summed E-state index contributed by atoms with van der Waals surface area (Å²) in [5.74, 6) is 0.925. The van der Waals surface area contributed by atoms with Gasteiger partial charge in [-0.3, -0.25) is 0 Å². The second-order valence-corrected chi connectivity index (χ2v) is 9.15. The summed E-state index contributed by atoms with van der Waals surface area (Å²) in [6.45, 7) is 7.25. The Hall–Kier alpha value is -1.69. The number of rotatable bonds is 7. The standard InChI is InChI=1S/C15H25ClN8O2S/c1-11(2)21-27(25,26)9-4-17-14-19-15(23-7-5-22(3)6-8-23)18-13-10-12(16)20-24(13)14/h10-11,21H,4-9H2,1-3H3,(H,17,18,19). The summed E-state index contributed by atoms with van der Waals surface area (Å²) in [4.78, 5) is 13.4. The number of fused-ring (bicyclic) bond motifs is 1. The maximum absolute atomic E-state index is 12.0. The molecular weight excluding hydrogens is 392 g/mol. The smallest absolute Gasteiger partial charge is 0.230 e. The van der Waals surface area contributed by atoms with Crippen molar-refractivity contribution in [2.75, 3.05) is 55.7 Å². The molecule has 0 aromatic carbocycles. The molecule has 0 aliphatic carbocycles. The first-order valence-electron chi connectivity index (χ1n) is 8.84. The second kappa shape index (κ2) is 8.13. The van der Waals surface area contributed by atoms with Crippen LogP contribution < -0.4 is 14.9 Å². The molecule has 2 aromatic rings. The van der Waals surface area contributed by atoms with Crippen molar-refractivity contribution in [3.63, 3.8) is 0 Å². The van der Waals surface area contributed by atoms with Crippen LogP contribution in [0.15, 0.2) is 6.07 Å². The van der Waals surface area contributed by atoms with Crippen LogP contribution in [0.3, 0.4) is 0 Å². The number of aromatic nitrogens is 4. The predicted molar refractivity (Wildman–Crippen MR) is 106 cm³/mol. The fraction of sp³-hybridized carbons (Fsp3) is 0.667. The van der Waals surface area contributed by atoms with E-state index in [2.05, 4.69) is 42.0 Å². The molecule has 1 aliphatic heterocycles. The molecule has 27 heavy (non-hydrogen) atoms. The maximum atomic E-state index is 12.0. The third kappa shape index (κ3) is 5.18. The molecule has 0 unspecified atom stereocenters. The van der Waals surface area contributed by atoms with Crippen LogP contribution in [0.1, 0.15) is 13.8 Å². The molecule has 1 aliphatic rings. The lowest BCUT2D eigenvalue weighted by atomic mass is 10.3. The van der Waals surface area contributed by atoms with Crippen LogP contribution in [0.2, 0.25) is 5.15 Å². The highest BCUT2D eigenvalue weighted by Crippen LogP contribution is 2.19. The van der Waals surface area contributed by atoms with Crippen LogP contribution in [0.4, 0.5) is 11.9 Å². The lowest BCUT2D eigenvalue weighted by molar-refractivity contribution is 0.311. The molecule has 0 amide bonds. The van der Waals surface area contributed by atoms with Gasteiger partial charge >= 0.3 is 0 Å². The van der Waals surface area contributed by atoms with E-state index in [9.17, 15) is 8.42 Å². The molecule has 2 aromatic heterocycles. The molecule has 12 heteroatoms. The summed E-state index contributed by atoms with van der Waals surface area (Å²) in [6.07, 6.45) is 0. The summed E-state index contributed by atoms with van der Waals surface area (Å²) < 4.78 is 28.1. The van der Waals surface area contributed by atoms with Crippen LogP contribution in [0.5, 0.6) is 0 Å². The maximum Gasteiger partial charge on any atom is 0.230 e. The molecule has 0 spiro atoms. The van der Waals surface area contributed by atoms with Crippen molar-refractivity contribution in [3.8, 4) is 0 Å². The number of anilines is 2. The minimum atomic E-state index is -3.36. The van der Waals surface area contributed by atoms with Crippen LogP contribution in [0, 0.1) is 0 Å². The highest BCUT2D eigenvalue weighted by Gasteiger charge is 2.20. The van der Waals surface area contributed by atoms with Crippen molar-refractivity contribution in [2.24, 2.45) is 0 Å². The number of piperazine rings is 1. The molecule has 1 fully saturated rings. The van der Waals surface area contributed by atoms with E-state index in [1.165, 1.54) is 4.52 Å². The van der Waals surface area contributed by atoms with E-state index < -0.39 is 10.0 Å². The van der Waals surface area contributed by atoms with Crippen LogP contribution in [-0.2, 0) is 10.0 Å². The fourth-order valence-electron chi connectivity index (χ4n) is 2.83. The third-order valence-electron chi connectivity index (χ3n) is 4.14. The largest absolute Gasteiger partial charge is 0.353 e. The predicted octanol–water partition coefficient (Wildman–Crippen LogP) is 0.269. The van der Waals surface area contributed by atoms with Crippen LogP contribution >= 0.6 is 11.6 Å². The zero-order chi connectivity index (χ0) is 19.6. The van der Waals surface area contributed by atoms with Gasteiger partial charge in [-0.2, -0.15) is 19.6 Å². The minimum Gasteiger partial charge on any atom is -0.353 e. The summed E-state index contributed by atoms with van der Waals surface area (Å²) in [6, 6.07) is 1.51. The van der Waals surface area contributed by atoms with E-state index in [-0.39, 0.29) is 18.3 Å². The summed E-state index contributed by atoms with van der Waals surface area (Å²) in [5, 5.41) is 7.53. The first-order chi connectivity index (χ1) is 12.7. The van der Waals surface area contributed by atoms with Gasteiger partial charge in [0, 0.05) is 44.8 Å². The molecule has 3 rings (SSSR count). The number of hydrogen-bond acceptors (Lipinski definition) is 8. The van der Waals surface area contributed by atoms with E-state index in [0.29, 0.717) is 22.7 Å². The Labute approximate surface area is 164 Å². The Morgan fingerprint density at radius 3 is 2.59 bits per heavy atom.